The SMILES string of the molecule is CNCCC(=O)NCC1(c2ccc(OC)c(OC)c2)CCCCC1.Cl. The molecule has 0 unspecified atom stereocenters. The van der Waals surface area contributed by atoms with Gasteiger partial charge in [0.15, 0.2) is 11.5 Å². The van der Waals surface area contributed by atoms with Gasteiger partial charge in [-0.2, -0.15) is 0 Å². The van der Waals surface area contributed by atoms with Crippen molar-refractivity contribution in [3.05, 3.63) is 23.8 Å². The van der Waals surface area contributed by atoms with E-state index >= 15 is 0 Å². The number of nitrogens with one attached hydrogen (secondary N) is 2. The average Bonchev–Trinajstić information content (AvgIpc) is 2.64. The number of carbonyl (C=O) groups is 1. The van der Waals surface area contributed by atoms with E-state index in [1.54, 1.807) is 14.2 Å². The van der Waals surface area contributed by atoms with Gasteiger partial charge in [0.1, 0.15) is 0 Å². The second-order valence-corrected chi connectivity index (χ2v) is 6.54. The van der Waals surface area contributed by atoms with Crippen molar-refractivity contribution < 1.29 is 14.3 Å². The minimum absolute atomic E-state index is 0. The number of benzene rings is 1. The van der Waals surface area contributed by atoms with Crippen LogP contribution in [0.25, 0.3) is 0 Å². The summed E-state index contributed by atoms with van der Waals surface area (Å²) in [6.45, 7) is 1.39. The molecule has 2 N–H and O–H groups in total. The van der Waals surface area contributed by atoms with Crippen LogP contribution < -0.4 is 20.1 Å². The molecule has 1 aromatic carbocycles. The largest absolute Gasteiger partial charge is 0.493 e. The minimum atomic E-state index is -0.00684. The highest BCUT2D eigenvalue weighted by atomic mass is 35.5. The molecule has 1 fully saturated rings. The van der Waals surface area contributed by atoms with Crippen LogP contribution in [0, 0.1) is 0 Å². The first-order valence-electron chi connectivity index (χ1n) is 8.79. The van der Waals surface area contributed by atoms with Gasteiger partial charge in [0, 0.05) is 24.9 Å². The molecular formula is C19H31ClN2O3. The summed E-state index contributed by atoms with van der Waals surface area (Å²) in [4.78, 5) is 12.0. The number of hydrogen-bond donors (Lipinski definition) is 2. The Morgan fingerprint density at radius 1 is 1.12 bits per heavy atom. The van der Waals surface area contributed by atoms with Crippen LogP contribution in [0.5, 0.6) is 11.5 Å². The molecule has 0 atom stereocenters. The lowest BCUT2D eigenvalue weighted by molar-refractivity contribution is -0.121. The van der Waals surface area contributed by atoms with Gasteiger partial charge in [-0.25, -0.2) is 0 Å². The van der Waals surface area contributed by atoms with Crippen molar-refractivity contribution in [2.75, 3.05) is 34.4 Å². The predicted molar refractivity (Wildman–Crippen MR) is 103 cm³/mol. The zero-order chi connectivity index (χ0) is 17.4. The van der Waals surface area contributed by atoms with Crippen LogP contribution >= 0.6 is 12.4 Å². The molecule has 1 aromatic rings. The molecule has 1 saturated carbocycles. The van der Waals surface area contributed by atoms with E-state index < -0.39 is 0 Å². The third kappa shape index (κ3) is 5.51. The smallest absolute Gasteiger partial charge is 0.221 e. The van der Waals surface area contributed by atoms with Crippen molar-refractivity contribution in [3.63, 3.8) is 0 Å². The summed E-state index contributed by atoms with van der Waals surface area (Å²) >= 11 is 0. The summed E-state index contributed by atoms with van der Waals surface area (Å²) in [5.41, 5.74) is 1.22. The molecule has 6 heteroatoms. The number of methoxy groups -OCH3 is 2. The molecule has 2 rings (SSSR count). The topological polar surface area (TPSA) is 59.6 Å². The summed E-state index contributed by atoms with van der Waals surface area (Å²) in [7, 11) is 5.17. The van der Waals surface area contributed by atoms with Crippen LogP contribution in [0.1, 0.15) is 44.1 Å². The third-order valence-corrected chi connectivity index (χ3v) is 5.03. The lowest BCUT2D eigenvalue weighted by Gasteiger charge is -2.38. The maximum atomic E-state index is 12.0. The van der Waals surface area contributed by atoms with Crippen molar-refractivity contribution in [3.8, 4) is 11.5 Å². The van der Waals surface area contributed by atoms with Gasteiger partial charge >= 0.3 is 0 Å². The fraction of sp³-hybridized carbons (Fsp3) is 0.632. The first-order valence-corrected chi connectivity index (χ1v) is 8.79. The van der Waals surface area contributed by atoms with Gasteiger partial charge in [0.05, 0.1) is 14.2 Å². The van der Waals surface area contributed by atoms with Crippen molar-refractivity contribution in [2.45, 2.75) is 43.9 Å². The van der Waals surface area contributed by atoms with E-state index in [4.69, 9.17) is 9.47 Å². The van der Waals surface area contributed by atoms with Crippen molar-refractivity contribution >= 4 is 18.3 Å². The zero-order valence-corrected chi connectivity index (χ0v) is 16.3. The highest BCUT2D eigenvalue weighted by Gasteiger charge is 2.34. The van der Waals surface area contributed by atoms with Gasteiger partial charge in [-0.1, -0.05) is 25.3 Å². The Labute approximate surface area is 157 Å². The standard InChI is InChI=1S/C19H30N2O3.ClH/c1-20-12-9-18(22)21-14-19(10-5-4-6-11-19)15-7-8-16(23-2)17(13-15)24-3;/h7-8,13,20H,4-6,9-12,14H2,1-3H3,(H,21,22);1H. The Morgan fingerprint density at radius 3 is 2.40 bits per heavy atom. The minimum Gasteiger partial charge on any atom is -0.493 e. The molecule has 0 bridgehead atoms. The quantitative estimate of drug-likeness (QED) is 0.738. The van der Waals surface area contributed by atoms with E-state index in [0.29, 0.717) is 19.5 Å². The predicted octanol–water partition coefficient (Wildman–Crippen LogP) is 3.05. The highest BCUT2D eigenvalue weighted by Crippen LogP contribution is 2.42. The maximum absolute atomic E-state index is 12.0. The third-order valence-electron chi connectivity index (χ3n) is 5.03. The Kier molecular flexibility index (Phi) is 9.08. The molecule has 5 nitrogen and oxygen atoms in total. The van der Waals surface area contributed by atoms with Crippen LogP contribution in [0.3, 0.4) is 0 Å². The lowest BCUT2D eigenvalue weighted by Crippen LogP contribution is -2.42. The van der Waals surface area contributed by atoms with Crippen LogP contribution in [0.4, 0.5) is 0 Å². The van der Waals surface area contributed by atoms with E-state index in [9.17, 15) is 4.79 Å². The first-order chi connectivity index (χ1) is 11.6. The van der Waals surface area contributed by atoms with Gasteiger partial charge in [0.2, 0.25) is 5.91 Å². The van der Waals surface area contributed by atoms with Gasteiger partial charge in [0.25, 0.3) is 0 Å². The van der Waals surface area contributed by atoms with Crippen LogP contribution in [-0.2, 0) is 10.2 Å². The number of carbonyl (C=O) groups excluding carboxylic acids is 1. The average molecular weight is 371 g/mol. The van der Waals surface area contributed by atoms with E-state index in [2.05, 4.69) is 22.8 Å². The van der Waals surface area contributed by atoms with E-state index in [1.807, 2.05) is 13.1 Å². The maximum Gasteiger partial charge on any atom is 0.221 e. The summed E-state index contributed by atoms with van der Waals surface area (Å²) in [5.74, 6) is 1.60. The second kappa shape index (κ2) is 10.5. The van der Waals surface area contributed by atoms with Gasteiger partial charge < -0.3 is 20.1 Å². The lowest BCUT2D eigenvalue weighted by atomic mass is 9.69. The second-order valence-electron chi connectivity index (χ2n) is 6.54. The van der Waals surface area contributed by atoms with Crippen LogP contribution in [0.15, 0.2) is 18.2 Å². The number of halogens is 1. The molecule has 1 aliphatic carbocycles. The molecule has 1 amide bonds. The number of rotatable bonds is 8. The molecular weight excluding hydrogens is 340 g/mol. The normalized spacial score (nSPS) is 15.8. The highest BCUT2D eigenvalue weighted by molar-refractivity contribution is 5.85. The van der Waals surface area contributed by atoms with Crippen LogP contribution in [-0.4, -0.2) is 40.3 Å². The van der Waals surface area contributed by atoms with Crippen molar-refractivity contribution in [1.82, 2.24) is 10.6 Å². The summed E-state index contributed by atoms with van der Waals surface area (Å²) < 4.78 is 10.8. The van der Waals surface area contributed by atoms with E-state index in [-0.39, 0.29) is 23.7 Å². The van der Waals surface area contributed by atoms with Gasteiger partial charge in [-0.15, -0.1) is 12.4 Å². The monoisotopic (exact) mass is 370 g/mol. The molecule has 0 saturated heterocycles. The molecule has 0 spiro atoms. The number of ether oxygens (including phenoxy) is 2. The Morgan fingerprint density at radius 2 is 1.80 bits per heavy atom. The fourth-order valence-electron chi connectivity index (χ4n) is 3.56. The Hall–Kier alpha value is -1.46. The summed E-state index contributed by atoms with van der Waals surface area (Å²) in [6, 6.07) is 6.16. The molecule has 1 aliphatic rings. The summed E-state index contributed by atoms with van der Waals surface area (Å²) in [6.07, 6.45) is 6.35. The zero-order valence-electron chi connectivity index (χ0n) is 15.5. The van der Waals surface area contributed by atoms with Crippen LogP contribution in [0.2, 0.25) is 0 Å². The number of amides is 1. The fourth-order valence-corrected chi connectivity index (χ4v) is 3.56. The van der Waals surface area contributed by atoms with E-state index in [1.165, 1.54) is 24.8 Å². The first kappa shape index (κ1) is 21.6. The van der Waals surface area contributed by atoms with Crippen molar-refractivity contribution in [2.24, 2.45) is 0 Å². The molecule has 0 heterocycles. The molecule has 0 radical (unpaired) electrons. The molecule has 142 valence electrons. The van der Waals surface area contributed by atoms with Gasteiger partial charge in [-0.3, -0.25) is 4.79 Å². The Bertz CT molecular complexity index is 545. The summed E-state index contributed by atoms with van der Waals surface area (Å²) in [5, 5.41) is 6.16. The van der Waals surface area contributed by atoms with E-state index in [0.717, 1.165) is 24.3 Å². The number of hydrogen-bond acceptors (Lipinski definition) is 4. The molecule has 0 aromatic heterocycles. The molecule has 25 heavy (non-hydrogen) atoms. The molecule has 0 aliphatic heterocycles. The van der Waals surface area contributed by atoms with Crippen molar-refractivity contribution in [1.29, 1.82) is 0 Å². The van der Waals surface area contributed by atoms with Gasteiger partial charge in [-0.05, 0) is 37.6 Å². The Balaban J connectivity index is 0.00000312.